The van der Waals surface area contributed by atoms with Gasteiger partial charge in [-0.25, -0.2) is 4.98 Å². The van der Waals surface area contributed by atoms with Crippen molar-refractivity contribution in [3.05, 3.63) is 90.8 Å². The van der Waals surface area contributed by atoms with Gasteiger partial charge in [0.15, 0.2) is 0 Å². The van der Waals surface area contributed by atoms with Crippen LogP contribution >= 0.6 is 0 Å². The topological polar surface area (TPSA) is 85.5 Å². The van der Waals surface area contributed by atoms with Crippen molar-refractivity contribution in [1.29, 1.82) is 5.26 Å². The van der Waals surface area contributed by atoms with Crippen molar-refractivity contribution < 1.29 is 0 Å². The van der Waals surface area contributed by atoms with Gasteiger partial charge in [0.2, 0.25) is 0 Å². The normalized spacial score (nSPS) is 11.2. The molecule has 0 aliphatic rings. The molecule has 3 aromatic heterocycles. The summed E-state index contributed by atoms with van der Waals surface area (Å²) in [5.41, 5.74) is 13.5. The third-order valence-electron chi connectivity index (χ3n) is 5.69. The number of nitrogen functional groups attached to an aromatic ring is 1. The minimum absolute atomic E-state index is 0.306. The summed E-state index contributed by atoms with van der Waals surface area (Å²) >= 11 is 0. The van der Waals surface area contributed by atoms with Gasteiger partial charge in [0, 0.05) is 35.7 Å². The van der Waals surface area contributed by atoms with Crippen molar-refractivity contribution in [1.82, 2.24) is 19.1 Å². The molecule has 0 atom stereocenters. The van der Waals surface area contributed by atoms with Gasteiger partial charge in [-0.1, -0.05) is 19.9 Å². The van der Waals surface area contributed by atoms with E-state index >= 15 is 0 Å². The van der Waals surface area contributed by atoms with E-state index in [1.54, 1.807) is 18.3 Å². The molecule has 5 aromatic rings. The average molecular weight is 419 g/mol. The number of imidazole rings is 1. The maximum atomic E-state index is 9.19. The van der Waals surface area contributed by atoms with Gasteiger partial charge in [-0.2, -0.15) is 5.26 Å². The molecule has 0 aliphatic heterocycles. The fourth-order valence-electron chi connectivity index (χ4n) is 4.11. The summed E-state index contributed by atoms with van der Waals surface area (Å²) in [5, 5.41) is 10.3. The lowest BCUT2D eigenvalue weighted by molar-refractivity contribution is 0.868. The average Bonchev–Trinajstić information content (AvgIpc) is 3.45. The zero-order valence-corrected chi connectivity index (χ0v) is 17.9. The van der Waals surface area contributed by atoms with E-state index in [4.69, 9.17) is 5.73 Å². The molecule has 0 fully saturated rings. The molecular formula is C26H22N6. The van der Waals surface area contributed by atoms with E-state index in [0.717, 1.165) is 33.5 Å². The van der Waals surface area contributed by atoms with Crippen LogP contribution in [0.15, 0.2) is 79.6 Å². The van der Waals surface area contributed by atoms with Crippen molar-refractivity contribution in [2.75, 3.05) is 5.73 Å². The Balaban J connectivity index is 1.72. The largest absolute Gasteiger partial charge is 0.397 e. The Hall–Kier alpha value is -4.37. The number of nitrogens with zero attached hydrogens (tertiary/aromatic N) is 5. The number of rotatable bonds is 4. The Morgan fingerprint density at radius 1 is 1.03 bits per heavy atom. The van der Waals surface area contributed by atoms with E-state index in [-0.39, 0.29) is 0 Å². The molecule has 0 bridgehead atoms. The Labute approximate surface area is 186 Å². The first-order valence-electron chi connectivity index (χ1n) is 10.5. The maximum absolute atomic E-state index is 9.19. The zero-order valence-electron chi connectivity index (χ0n) is 17.9. The lowest BCUT2D eigenvalue weighted by Gasteiger charge is -2.11. The molecule has 0 saturated heterocycles. The standard InChI is InChI=1S/C26H22N6/c1-17(2)20-14-32(23-9-8-18(12-27)11-21(23)28)25-7-3-6-24(26(20)25)31-15-22(30-16-31)19-5-4-10-29-13-19/h3-11,13-17H,28H2,1-2H3. The maximum Gasteiger partial charge on any atom is 0.0999 e. The molecule has 0 aliphatic carbocycles. The molecule has 0 saturated carbocycles. The van der Waals surface area contributed by atoms with Crippen molar-refractivity contribution in [3.8, 4) is 28.7 Å². The Morgan fingerprint density at radius 3 is 2.62 bits per heavy atom. The van der Waals surface area contributed by atoms with Crippen LogP contribution < -0.4 is 5.73 Å². The van der Waals surface area contributed by atoms with Gasteiger partial charge in [-0.15, -0.1) is 0 Å². The second-order valence-corrected chi connectivity index (χ2v) is 8.07. The van der Waals surface area contributed by atoms with E-state index in [1.165, 1.54) is 5.56 Å². The van der Waals surface area contributed by atoms with Crippen LogP contribution in [0.5, 0.6) is 0 Å². The van der Waals surface area contributed by atoms with Crippen LogP contribution in [0.1, 0.15) is 30.9 Å². The highest BCUT2D eigenvalue weighted by Gasteiger charge is 2.18. The third-order valence-corrected chi connectivity index (χ3v) is 5.69. The fraction of sp³-hybridized carbons (Fsp3) is 0.115. The van der Waals surface area contributed by atoms with Crippen LogP contribution in [0.25, 0.3) is 33.5 Å². The second kappa shape index (κ2) is 7.71. The number of nitrogens with two attached hydrogens (primary N) is 1. The molecule has 6 nitrogen and oxygen atoms in total. The first-order chi connectivity index (χ1) is 15.6. The lowest BCUT2D eigenvalue weighted by atomic mass is 10.0. The molecule has 0 unspecified atom stereocenters. The second-order valence-electron chi connectivity index (χ2n) is 8.07. The van der Waals surface area contributed by atoms with Crippen molar-refractivity contribution >= 4 is 16.6 Å². The first kappa shape index (κ1) is 19.6. The Morgan fingerprint density at radius 2 is 1.91 bits per heavy atom. The summed E-state index contributed by atoms with van der Waals surface area (Å²) in [7, 11) is 0. The quantitative estimate of drug-likeness (QED) is 0.393. The smallest absolute Gasteiger partial charge is 0.0999 e. The molecule has 3 heterocycles. The third kappa shape index (κ3) is 3.21. The molecule has 0 amide bonds. The molecule has 5 rings (SSSR count). The van der Waals surface area contributed by atoms with Crippen LogP contribution in [-0.4, -0.2) is 19.1 Å². The first-order valence-corrected chi connectivity index (χ1v) is 10.5. The van der Waals surface area contributed by atoms with Crippen molar-refractivity contribution in [2.45, 2.75) is 19.8 Å². The summed E-state index contributed by atoms with van der Waals surface area (Å²) in [6.45, 7) is 4.38. The summed E-state index contributed by atoms with van der Waals surface area (Å²) in [5.74, 6) is 0.306. The highest BCUT2D eigenvalue weighted by molar-refractivity contribution is 5.94. The van der Waals surface area contributed by atoms with E-state index in [1.807, 2.05) is 43.0 Å². The number of anilines is 1. The number of hydrogen-bond donors (Lipinski definition) is 1. The number of aromatic nitrogens is 4. The van der Waals surface area contributed by atoms with Crippen LogP contribution in [0.3, 0.4) is 0 Å². The van der Waals surface area contributed by atoms with E-state index in [9.17, 15) is 5.26 Å². The van der Waals surface area contributed by atoms with Crippen LogP contribution in [0.4, 0.5) is 5.69 Å². The lowest BCUT2D eigenvalue weighted by Crippen LogP contribution is -1.99. The van der Waals surface area contributed by atoms with Gasteiger partial charge in [0.05, 0.1) is 46.2 Å². The fourth-order valence-corrected chi connectivity index (χ4v) is 4.11. The summed E-state index contributed by atoms with van der Waals surface area (Å²) in [6, 6.07) is 17.7. The monoisotopic (exact) mass is 418 g/mol. The van der Waals surface area contributed by atoms with E-state index < -0.39 is 0 Å². The summed E-state index contributed by atoms with van der Waals surface area (Å²) in [6.07, 6.45) is 9.60. The van der Waals surface area contributed by atoms with Gasteiger partial charge in [-0.3, -0.25) is 4.98 Å². The number of benzene rings is 2. The highest BCUT2D eigenvalue weighted by atomic mass is 15.1. The molecule has 6 heteroatoms. The predicted molar refractivity (Wildman–Crippen MR) is 127 cm³/mol. The van der Waals surface area contributed by atoms with Gasteiger partial charge in [-0.05, 0) is 53.9 Å². The number of hydrogen-bond acceptors (Lipinski definition) is 4. The summed E-state index contributed by atoms with van der Waals surface area (Å²) < 4.78 is 4.17. The minimum Gasteiger partial charge on any atom is -0.397 e. The minimum atomic E-state index is 0.306. The van der Waals surface area contributed by atoms with E-state index in [0.29, 0.717) is 17.2 Å². The Bertz CT molecular complexity index is 1470. The highest BCUT2D eigenvalue weighted by Crippen LogP contribution is 2.36. The van der Waals surface area contributed by atoms with Gasteiger partial charge < -0.3 is 14.9 Å². The Kier molecular flexibility index (Phi) is 4.72. The number of fused-ring (bicyclic) bond motifs is 1. The van der Waals surface area contributed by atoms with Crippen LogP contribution in [-0.2, 0) is 0 Å². The summed E-state index contributed by atoms with van der Waals surface area (Å²) in [4.78, 5) is 8.81. The molecule has 2 N–H and O–H groups in total. The van der Waals surface area contributed by atoms with Crippen molar-refractivity contribution in [2.24, 2.45) is 0 Å². The molecule has 2 aromatic carbocycles. The zero-order chi connectivity index (χ0) is 22.2. The SMILES string of the molecule is CC(C)c1cn(-c2ccc(C#N)cc2N)c2cccc(-n3cnc(-c4cccnc4)c3)c12. The number of pyridine rings is 1. The molecule has 32 heavy (non-hydrogen) atoms. The van der Waals surface area contributed by atoms with Crippen molar-refractivity contribution in [3.63, 3.8) is 0 Å². The predicted octanol–water partition coefficient (Wildman–Crippen LogP) is 5.46. The van der Waals surface area contributed by atoms with Crippen LogP contribution in [0.2, 0.25) is 0 Å². The van der Waals surface area contributed by atoms with Gasteiger partial charge in [0.25, 0.3) is 0 Å². The molecule has 0 spiro atoms. The van der Waals surface area contributed by atoms with Gasteiger partial charge in [0.1, 0.15) is 0 Å². The van der Waals surface area contributed by atoms with E-state index in [2.05, 4.69) is 57.3 Å². The molecule has 0 radical (unpaired) electrons. The van der Waals surface area contributed by atoms with Gasteiger partial charge >= 0.3 is 0 Å². The van der Waals surface area contributed by atoms with Crippen LogP contribution in [0, 0.1) is 11.3 Å². The number of nitriles is 1. The molecule has 156 valence electrons. The molecular weight excluding hydrogens is 396 g/mol.